The first-order valence-electron chi connectivity index (χ1n) is 9.73. The average Bonchev–Trinajstić information content (AvgIpc) is 3.22. The van der Waals surface area contributed by atoms with E-state index in [4.69, 9.17) is 5.14 Å². The lowest BCUT2D eigenvalue weighted by Crippen LogP contribution is -2.22. The standard InChI is InChI=1S/C23H16F3N3O3S2/c24-16-5-1-14(2-6-16)20-21(15-3-7-19(8-4-15)34(27,31)32)33-23(29-20)22(30)28-12-13-9-17(25)11-18(26)10-13/h1-11H,12H2,(H,28,30)(H2,27,31,32). The molecule has 4 rings (SSSR count). The van der Waals surface area contributed by atoms with Crippen molar-refractivity contribution in [3.63, 3.8) is 0 Å². The second kappa shape index (κ2) is 9.37. The van der Waals surface area contributed by atoms with Gasteiger partial charge in [0.1, 0.15) is 17.5 Å². The van der Waals surface area contributed by atoms with Gasteiger partial charge in [0.15, 0.2) is 5.01 Å². The Labute approximate surface area is 197 Å². The largest absolute Gasteiger partial charge is 0.346 e. The summed E-state index contributed by atoms with van der Waals surface area (Å²) >= 11 is 1.03. The summed E-state index contributed by atoms with van der Waals surface area (Å²) in [5.41, 5.74) is 1.72. The normalized spacial score (nSPS) is 11.4. The van der Waals surface area contributed by atoms with Crippen molar-refractivity contribution in [1.29, 1.82) is 0 Å². The van der Waals surface area contributed by atoms with Gasteiger partial charge in [-0.15, -0.1) is 11.3 Å². The fourth-order valence-corrected chi connectivity index (χ4v) is 4.71. The maximum atomic E-state index is 13.4. The SMILES string of the molecule is NS(=O)(=O)c1ccc(-c2sc(C(=O)NCc3cc(F)cc(F)c3)nc2-c2ccc(F)cc2)cc1. The topological polar surface area (TPSA) is 102 Å². The summed E-state index contributed by atoms with van der Waals surface area (Å²) in [4.78, 5) is 17.6. The van der Waals surface area contributed by atoms with Crippen LogP contribution >= 0.6 is 11.3 Å². The van der Waals surface area contributed by atoms with E-state index in [1.807, 2.05) is 0 Å². The van der Waals surface area contributed by atoms with Gasteiger partial charge in [-0.2, -0.15) is 0 Å². The molecule has 0 saturated carbocycles. The fraction of sp³-hybridized carbons (Fsp3) is 0.0435. The van der Waals surface area contributed by atoms with Gasteiger partial charge in [0.2, 0.25) is 10.0 Å². The van der Waals surface area contributed by atoms with Crippen LogP contribution in [0, 0.1) is 17.5 Å². The highest BCUT2D eigenvalue weighted by Crippen LogP contribution is 2.37. The van der Waals surface area contributed by atoms with Gasteiger partial charge in [0.25, 0.3) is 5.91 Å². The minimum Gasteiger partial charge on any atom is -0.346 e. The number of nitrogens with zero attached hydrogens (tertiary/aromatic N) is 1. The quantitative estimate of drug-likeness (QED) is 0.405. The Hall–Kier alpha value is -3.54. The van der Waals surface area contributed by atoms with Crippen molar-refractivity contribution in [3.8, 4) is 21.7 Å². The lowest BCUT2D eigenvalue weighted by molar-refractivity contribution is 0.0950. The molecule has 0 bridgehead atoms. The first-order valence-corrected chi connectivity index (χ1v) is 12.1. The van der Waals surface area contributed by atoms with Crippen molar-refractivity contribution >= 4 is 27.3 Å². The lowest BCUT2D eigenvalue weighted by atomic mass is 10.1. The Bertz CT molecular complexity index is 1450. The Kier molecular flexibility index (Phi) is 6.51. The van der Waals surface area contributed by atoms with Gasteiger partial charge in [-0.25, -0.2) is 31.7 Å². The van der Waals surface area contributed by atoms with Crippen molar-refractivity contribution in [1.82, 2.24) is 10.3 Å². The maximum absolute atomic E-state index is 13.4. The number of benzene rings is 3. The first kappa shape index (κ1) is 23.6. The zero-order valence-electron chi connectivity index (χ0n) is 17.3. The summed E-state index contributed by atoms with van der Waals surface area (Å²) in [6, 6.07) is 14.2. The maximum Gasteiger partial charge on any atom is 0.280 e. The third kappa shape index (κ3) is 5.33. The second-order valence-corrected chi connectivity index (χ2v) is 9.79. The molecule has 0 radical (unpaired) electrons. The predicted octanol–water partition coefficient (Wildman–Crippen LogP) is 4.47. The van der Waals surface area contributed by atoms with E-state index in [-0.39, 0.29) is 22.0 Å². The number of carbonyl (C=O) groups is 1. The molecule has 11 heteroatoms. The van der Waals surface area contributed by atoms with Crippen molar-refractivity contribution in [2.45, 2.75) is 11.4 Å². The van der Waals surface area contributed by atoms with E-state index in [0.29, 0.717) is 21.7 Å². The predicted molar refractivity (Wildman–Crippen MR) is 122 cm³/mol. The third-order valence-electron chi connectivity index (χ3n) is 4.76. The van der Waals surface area contributed by atoms with Crippen LogP contribution in [0.2, 0.25) is 0 Å². The van der Waals surface area contributed by atoms with E-state index in [1.54, 1.807) is 0 Å². The van der Waals surface area contributed by atoms with Gasteiger partial charge in [-0.1, -0.05) is 12.1 Å². The van der Waals surface area contributed by atoms with Crippen LogP contribution in [-0.2, 0) is 16.6 Å². The number of sulfonamides is 1. The molecule has 4 aromatic rings. The van der Waals surface area contributed by atoms with Crippen LogP contribution in [0.25, 0.3) is 21.7 Å². The monoisotopic (exact) mass is 503 g/mol. The van der Waals surface area contributed by atoms with Gasteiger partial charge >= 0.3 is 0 Å². The molecule has 0 saturated heterocycles. The van der Waals surface area contributed by atoms with Crippen molar-refractivity contribution in [3.05, 3.63) is 94.8 Å². The summed E-state index contributed by atoms with van der Waals surface area (Å²) in [7, 11) is -3.89. The fourth-order valence-electron chi connectivity index (χ4n) is 3.18. The Morgan fingerprint density at radius 1 is 0.882 bits per heavy atom. The van der Waals surface area contributed by atoms with Crippen LogP contribution in [0.4, 0.5) is 13.2 Å². The first-order chi connectivity index (χ1) is 16.1. The van der Waals surface area contributed by atoms with E-state index in [9.17, 15) is 26.4 Å². The number of carbonyl (C=O) groups excluding carboxylic acids is 1. The Balaban J connectivity index is 1.68. The molecule has 0 aliphatic carbocycles. The Morgan fingerprint density at radius 3 is 2.06 bits per heavy atom. The molecule has 0 unspecified atom stereocenters. The number of rotatable bonds is 6. The minimum atomic E-state index is -3.89. The molecule has 6 nitrogen and oxygen atoms in total. The number of amides is 1. The molecule has 0 aliphatic rings. The molecule has 0 atom stereocenters. The van der Waals surface area contributed by atoms with Crippen LogP contribution in [-0.4, -0.2) is 19.3 Å². The van der Waals surface area contributed by atoms with E-state index in [1.165, 1.54) is 48.5 Å². The summed E-state index contributed by atoms with van der Waals surface area (Å²) in [5, 5.41) is 7.78. The van der Waals surface area contributed by atoms with E-state index < -0.39 is 33.4 Å². The van der Waals surface area contributed by atoms with Crippen LogP contribution in [0.1, 0.15) is 15.4 Å². The zero-order chi connectivity index (χ0) is 24.5. The number of primary sulfonamides is 1. The highest BCUT2D eigenvalue weighted by Gasteiger charge is 2.20. The molecular weight excluding hydrogens is 487 g/mol. The van der Waals surface area contributed by atoms with Gasteiger partial charge in [-0.3, -0.25) is 4.79 Å². The smallest absolute Gasteiger partial charge is 0.280 e. The number of halogens is 3. The molecule has 3 aromatic carbocycles. The Morgan fingerprint density at radius 2 is 1.47 bits per heavy atom. The summed E-state index contributed by atoms with van der Waals surface area (Å²) < 4.78 is 63.4. The number of thiazole rings is 1. The average molecular weight is 504 g/mol. The summed E-state index contributed by atoms with van der Waals surface area (Å²) in [6.07, 6.45) is 0. The van der Waals surface area contributed by atoms with Crippen molar-refractivity contribution in [2.24, 2.45) is 5.14 Å². The molecule has 3 N–H and O–H groups in total. The van der Waals surface area contributed by atoms with E-state index in [2.05, 4.69) is 10.3 Å². The number of hydrogen-bond acceptors (Lipinski definition) is 5. The number of hydrogen-bond donors (Lipinski definition) is 2. The van der Waals surface area contributed by atoms with Crippen LogP contribution in [0.15, 0.2) is 71.6 Å². The van der Waals surface area contributed by atoms with E-state index >= 15 is 0 Å². The highest BCUT2D eigenvalue weighted by molar-refractivity contribution is 7.89. The van der Waals surface area contributed by atoms with Gasteiger partial charge in [0.05, 0.1) is 15.5 Å². The number of aromatic nitrogens is 1. The van der Waals surface area contributed by atoms with E-state index in [0.717, 1.165) is 29.5 Å². The highest BCUT2D eigenvalue weighted by atomic mass is 32.2. The molecule has 1 heterocycles. The molecule has 1 aromatic heterocycles. The molecular formula is C23H16F3N3O3S2. The van der Waals surface area contributed by atoms with Crippen LogP contribution in [0.3, 0.4) is 0 Å². The third-order valence-corrected chi connectivity index (χ3v) is 6.79. The van der Waals surface area contributed by atoms with Crippen LogP contribution in [0.5, 0.6) is 0 Å². The van der Waals surface area contributed by atoms with Crippen molar-refractivity contribution in [2.75, 3.05) is 0 Å². The number of nitrogens with one attached hydrogen (secondary N) is 1. The lowest BCUT2D eigenvalue weighted by Gasteiger charge is -2.04. The minimum absolute atomic E-state index is 0.0572. The molecule has 0 spiro atoms. The second-order valence-electron chi connectivity index (χ2n) is 7.23. The molecule has 1 amide bonds. The molecule has 0 fully saturated rings. The summed E-state index contributed by atoms with van der Waals surface area (Å²) in [6.45, 7) is -0.128. The molecule has 34 heavy (non-hydrogen) atoms. The summed E-state index contributed by atoms with van der Waals surface area (Å²) in [5.74, 6) is -2.55. The molecule has 0 aliphatic heterocycles. The van der Waals surface area contributed by atoms with Crippen LogP contribution < -0.4 is 10.5 Å². The number of nitrogens with two attached hydrogens (primary N) is 1. The van der Waals surface area contributed by atoms with Gasteiger partial charge in [-0.05, 0) is 59.7 Å². The zero-order valence-corrected chi connectivity index (χ0v) is 18.9. The van der Waals surface area contributed by atoms with Crippen molar-refractivity contribution < 1.29 is 26.4 Å². The molecule has 174 valence electrons. The van der Waals surface area contributed by atoms with Gasteiger partial charge < -0.3 is 5.32 Å². The van der Waals surface area contributed by atoms with Gasteiger partial charge in [0, 0.05) is 18.2 Å².